The molecule has 0 fully saturated rings. The summed E-state index contributed by atoms with van der Waals surface area (Å²) in [5.74, 6) is 2.32. The van der Waals surface area contributed by atoms with Crippen LogP contribution in [0, 0.1) is 11.3 Å². The molecule has 8 heteroatoms. The Bertz CT molecular complexity index is 1120. The number of thioether (sulfide) groups is 1. The molecule has 1 heterocycles. The van der Waals surface area contributed by atoms with E-state index in [1.54, 1.807) is 25.3 Å². The average molecular weight is 457 g/mol. The highest BCUT2D eigenvalue weighted by Crippen LogP contribution is 2.36. The van der Waals surface area contributed by atoms with Crippen molar-refractivity contribution in [3.8, 4) is 34.6 Å². The third-order valence-corrected chi connectivity index (χ3v) is 5.81. The standard InChI is InChI=1S/C24H22F2N2O3S/c1-29-17-7-4-15(5-8-17)10-11-32-24-19(14-27)18(23(25)26)13-20(28-24)16-6-9-21(30-2)22(12-16)31-3/h4-9,12-13,23H,10-11H2,1-3H3. The van der Waals surface area contributed by atoms with Crippen molar-refractivity contribution in [1.82, 2.24) is 4.98 Å². The molecule has 0 unspecified atom stereocenters. The molecule has 1 aromatic heterocycles. The molecule has 0 aliphatic carbocycles. The lowest BCUT2D eigenvalue weighted by molar-refractivity contribution is 0.150. The molecule has 0 N–H and O–H groups in total. The molecule has 0 bridgehead atoms. The van der Waals surface area contributed by atoms with Crippen LogP contribution in [0.1, 0.15) is 23.1 Å². The third kappa shape index (κ3) is 5.29. The molecule has 0 aliphatic heterocycles. The van der Waals surface area contributed by atoms with Gasteiger partial charge in [-0.2, -0.15) is 5.26 Å². The molecule has 166 valence electrons. The van der Waals surface area contributed by atoms with Crippen LogP contribution in [-0.4, -0.2) is 32.1 Å². The van der Waals surface area contributed by atoms with Gasteiger partial charge >= 0.3 is 0 Å². The van der Waals surface area contributed by atoms with E-state index in [1.807, 2.05) is 30.3 Å². The van der Waals surface area contributed by atoms with E-state index >= 15 is 0 Å². The van der Waals surface area contributed by atoms with Crippen LogP contribution in [0.5, 0.6) is 17.2 Å². The Morgan fingerprint density at radius 1 is 0.969 bits per heavy atom. The zero-order chi connectivity index (χ0) is 23.1. The summed E-state index contributed by atoms with van der Waals surface area (Å²) in [5.41, 5.74) is 1.57. The number of rotatable bonds is 9. The Balaban J connectivity index is 1.92. The molecule has 3 aromatic rings. The van der Waals surface area contributed by atoms with E-state index in [1.165, 1.54) is 32.0 Å². The largest absolute Gasteiger partial charge is 0.497 e. The molecule has 32 heavy (non-hydrogen) atoms. The second-order valence-electron chi connectivity index (χ2n) is 6.71. The lowest BCUT2D eigenvalue weighted by Crippen LogP contribution is -2.01. The van der Waals surface area contributed by atoms with E-state index in [2.05, 4.69) is 4.98 Å². The minimum atomic E-state index is -2.80. The highest BCUT2D eigenvalue weighted by Gasteiger charge is 2.21. The molecule has 2 aromatic carbocycles. The fourth-order valence-electron chi connectivity index (χ4n) is 3.13. The number of benzene rings is 2. The number of aromatic nitrogens is 1. The second-order valence-corrected chi connectivity index (χ2v) is 7.79. The van der Waals surface area contributed by atoms with Crippen LogP contribution in [0.25, 0.3) is 11.3 Å². The summed E-state index contributed by atoms with van der Waals surface area (Å²) in [6, 6.07) is 15.9. The van der Waals surface area contributed by atoms with E-state index in [0.29, 0.717) is 34.9 Å². The second kappa shape index (κ2) is 10.8. The summed E-state index contributed by atoms with van der Waals surface area (Å²) in [5, 5.41) is 9.83. The van der Waals surface area contributed by atoms with Gasteiger partial charge in [-0.1, -0.05) is 12.1 Å². The van der Waals surface area contributed by atoms with Crippen molar-refractivity contribution in [2.24, 2.45) is 0 Å². The normalized spacial score (nSPS) is 10.7. The molecule has 0 saturated heterocycles. The predicted octanol–water partition coefficient (Wildman–Crippen LogP) is 5.92. The summed E-state index contributed by atoms with van der Waals surface area (Å²) in [6.07, 6.45) is -2.11. The summed E-state index contributed by atoms with van der Waals surface area (Å²) >= 11 is 1.28. The average Bonchev–Trinajstić information content (AvgIpc) is 2.83. The van der Waals surface area contributed by atoms with Gasteiger partial charge in [0, 0.05) is 16.9 Å². The number of aryl methyl sites for hydroxylation is 1. The first-order valence-electron chi connectivity index (χ1n) is 9.72. The molecule has 0 atom stereocenters. The summed E-state index contributed by atoms with van der Waals surface area (Å²) in [7, 11) is 4.62. The first kappa shape index (κ1) is 23.4. The topological polar surface area (TPSA) is 64.4 Å². The number of methoxy groups -OCH3 is 3. The zero-order valence-electron chi connectivity index (χ0n) is 17.9. The Hall–Kier alpha value is -3.31. The van der Waals surface area contributed by atoms with Gasteiger partial charge in [0.15, 0.2) is 11.5 Å². The van der Waals surface area contributed by atoms with Crippen LogP contribution >= 0.6 is 11.8 Å². The molecule has 3 rings (SSSR count). The maximum Gasteiger partial charge on any atom is 0.265 e. The smallest absolute Gasteiger partial charge is 0.265 e. The zero-order valence-corrected chi connectivity index (χ0v) is 18.7. The van der Waals surface area contributed by atoms with Gasteiger partial charge in [0.1, 0.15) is 16.8 Å². The third-order valence-electron chi connectivity index (χ3n) is 4.83. The van der Waals surface area contributed by atoms with Crippen molar-refractivity contribution in [3.63, 3.8) is 0 Å². The molecule has 0 saturated carbocycles. The van der Waals surface area contributed by atoms with Gasteiger partial charge in [-0.05, 0) is 48.4 Å². The Kier molecular flexibility index (Phi) is 7.90. The number of halogens is 2. The van der Waals surface area contributed by atoms with Crippen LogP contribution in [0.2, 0.25) is 0 Å². The van der Waals surface area contributed by atoms with Crippen LogP contribution in [0.3, 0.4) is 0 Å². The highest BCUT2D eigenvalue weighted by atomic mass is 32.2. The Labute approximate surface area is 190 Å². The molecule has 0 amide bonds. The van der Waals surface area contributed by atoms with Crippen molar-refractivity contribution in [3.05, 3.63) is 65.2 Å². The maximum absolute atomic E-state index is 13.8. The summed E-state index contributed by atoms with van der Waals surface area (Å²) in [4.78, 5) is 4.54. The SMILES string of the molecule is COc1ccc(CCSc2nc(-c3ccc(OC)c(OC)c3)cc(C(F)F)c2C#N)cc1. The highest BCUT2D eigenvalue weighted by molar-refractivity contribution is 7.99. The number of pyridine rings is 1. The number of alkyl halides is 2. The minimum Gasteiger partial charge on any atom is -0.497 e. The van der Waals surface area contributed by atoms with Crippen molar-refractivity contribution < 1.29 is 23.0 Å². The van der Waals surface area contributed by atoms with Gasteiger partial charge in [0.05, 0.1) is 32.6 Å². The van der Waals surface area contributed by atoms with E-state index in [-0.39, 0.29) is 16.2 Å². The van der Waals surface area contributed by atoms with E-state index in [4.69, 9.17) is 14.2 Å². The first-order chi connectivity index (χ1) is 15.5. The number of hydrogen-bond donors (Lipinski definition) is 0. The Morgan fingerprint density at radius 3 is 2.28 bits per heavy atom. The summed E-state index contributed by atoms with van der Waals surface area (Å²) < 4.78 is 43.2. The minimum absolute atomic E-state index is 0.0936. The van der Waals surface area contributed by atoms with Crippen molar-refractivity contribution in [1.29, 1.82) is 5.26 Å². The lowest BCUT2D eigenvalue weighted by atomic mass is 10.1. The van der Waals surface area contributed by atoms with Gasteiger partial charge in [-0.25, -0.2) is 13.8 Å². The fourth-order valence-corrected chi connectivity index (χ4v) is 4.13. The van der Waals surface area contributed by atoms with Gasteiger partial charge in [0.2, 0.25) is 0 Å². The quantitative estimate of drug-likeness (QED) is 0.373. The van der Waals surface area contributed by atoms with Crippen LogP contribution in [0.15, 0.2) is 53.6 Å². The van der Waals surface area contributed by atoms with Crippen molar-refractivity contribution in [2.75, 3.05) is 27.1 Å². The van der Waals surface area contributed by atoms with Gasteiger partial charge < -0.3 is 14.2 Å². The summed E-state index contributed by atoms with van der Waals surface area (Å²) in [6.45, 7) is 0. The van der Waals surface area contributed by atoms with Gasteiger partial charge in [-0.3, -0.25) is 0 Å². The van der Waals surface area contributed by atoms with Crippen LogP contribution in [0.4, 0.5) is 8.78 Å². The van der Waals surface area contributed by atoms with E-state index in [0.717, 1.165) is 11.3 Å². The van der Waals surface area contributed by atoms with Crippen LogP contribution < -0.4 is 14.2 Å². The van der Waals surface area contributed by atoms with Crippen LogP contribution in [-0.2, 0) is 6.42 Å². The molecular weight excluding hydrogens is 434 g/mol. The number of hydrogen-bond acceptors (Lipinski definition) is 6. The number of nitriles is 1. The number of nitrogens with zero attached hydrogens (tertiary/aromatic N) is 2. The fraction of sp³-hybridized carbons (Fsp3) is 0.250. The van der Waals surface area contributed by atoms with Crippen molar-refractivity contribution in [2.45, 2.75) is 17.9 Å². The number of ether oxygens (including phenoxy) is 3. The maximum atomic E-state index is 13.8. The van der Waals surface area contributed by atoms with E-state index in [9.17, 15) is 14.0 Å². The molecule has 0 radical (unpaired) electrons. The molecule has 0 spiro atoms. The van der Waals surface area contributed by atoms with Crippen molar-refractivity contribution >= 4 is 11.8 Å². The first-order valence-corrected chi connectivity index (χ1v) is 10.7. The monoisotopic (exact) mass is 456 g/mol. The Morgan fingerprint density at radius 2 is 1.69 bits per heavy atom. The van der Waals surface area contributed by atoms with Gasteiger partial charge in [0.25, 0.3) is 6.43 Å². The lowest BCUT2D eigenvalue weighted by Gasteiger charge is -2.13. The van der Waals surface area contributed by atoms with E-state index < -0.39 is 6.43 Å². The molecular formula is C24H22F2N2O3S. The molecule has 0 aliphatic rings. The van der Waals surface area contributed by atoms with Gasteiger partial charge in [-0.15, -0.1) is 11.8 Å². The molecule has 5 nitrogen and oxygen atoms in total. The predicted molar refractivity (Wildman–Crippen MR) is 120 cm³/mol.